The minimum Gasteiger partial charge on any atom is -0.393 e. The predicted molar refractivity (Wildman–Crippen MR) is 124 cm³/mol. The van der Waals surface area contributed by atoms with E-state index in [0.29, 0.717) is 10.8 Å². The highest BCUT2D eigenvalue weighted by Gasteiger charge is 2.60. The van der Waals surface area contributed by atoms with Crippen molar-refractivity contribution in [2.75, 3.05) is 0 Å². The molecule has 4 aliphatic rings. The molecule has 4 aliphatic carbocycles. The molecular formula is C28H50O. The van der Waals surface area contributed by atoms with Gasteiger partial charge in [0.25, 0.3) is 0 Å². The van der Waals surface area contributed by atoms with Crippen LogP contribution in [-0.2, 0) is 0 Å². The lowest BCUT2D eigenvalue weighted by Crippen LogP contribution is -2.54. The highest BCUT2D eigenvalue weighted by Crippen LogP contribution is 2.68. The molecule has 0 aromatic heterocycles. The van der Waals surface area contributed by atoms with Crippen molar-refractivity contribution in [3.8, 4) is 0 Å². The van der Waals surface area contributed by atoms with Gasteiger partial charge in [0.1, 0.15) is 0 Å². The molecule has 0 bridgehead atoms. The maximum atomic E-state index is 10.3. The first kappa shape index (κ1) is 22.2. The van der Waals surface area contributed by atoms with Crippen LogP contribution in [0.5, 0.6) is 0 Å². The summed E-state index contributed by atoms with van der Waals surface area (Å²) in [4.78, 5) is 0. The molecule has 29 heavy (non-hydrogen) atoms. The van der Waals surface area contributed by atoms with Crippen molar-refractivity contribution in [1.82, 2.24) is 0 Å². The maximum Gasteiger partial charge on any atom is 0.0543 e. The van der Waals surface area contributed by atoms with Crippen molar-refractivity contribution in [3.63, 3.8) is 0 Å². The Balaban J connectivity index is 1.46. The fourth-order valence-electron chi connectivity index (χ4n) is 9.27. The van der Waals surface area contributed by atoms with E-state index >= 15 is 0 Å². The summed E-state index contributed by atoms with van der Waals surface area (Å²) in [5.41, 5.74) is 1.14. The van der Waals surface area contributed by atoms with Crippen LogP contribution in [0.15, 0.2) is 0 Å². The highest BCUT2D eigenvalue weighted by molar-refractivity contribution is 5.09. The van der Waals surface area contributed by atoms with E-state index in [2.05, 4.69) is 41.5 Å². The van der Waals surface area contributed by atoms with Gasteiger partial charge in [-0.25, -0.2) is 0 Å². The Kier molecular flexibility index (Phi) is 6.22. The Bertz CT molecular complexity index is 569. The second-order valence-electron chi connectivity index (χ2n) is 13.1. The van der Waals surface area contributed by atoms with Crippen LogP contribution in [0.4, 0.5) is 0 Å². The Morgan fingerprint density at radius 1 is 0.793 bits per heavy atom. The van der Waals surface area contributed by atoms with Gasteiger partial charge < -0.3 is 5.11 Å². The zero-order chi connectivity index (χ0) is 21.0. The Morgan fingerprint density at radius 2 is 1.48 bits per heavy atom. The van der Waals surface area contributed by atoms with E-state index in [9.17, 15) is 5.11 Å². The largest absolute Gasteiger partial charge is 0.393 e. The van der Waals surface area contributed by atoms with Gasteiger partial charge in [0.05, 0.1) is 6.10 Å². The number of hydrogen-bond acceptors (Lipinski definition) is 1. The quantitative estimate of drug-likeness (QED) is 0.499. The Morgan fingerprint density at radius 3 is 2.21 bits per heavy atom. The Hall–Kier alpha value is -0.0400. The third-order valence-corrected chi connectivity index (χ3v) is 11.6. The lowest BCUT2D eigenvalue weighted by Gasteiger charge is -2.61. The summed E-state index contributed by atoms with van der Waals surface area (Å²) in [7, 11) is 0. The van der Waals surface area contributed by atoms with Crippen LogP contribution in [0.2, 0.25) is 0 Å². The van der Waals surface area contributed by atoms with Gasteiger partial charge in [-0.05, 0) is 116 Å². The molecule has 0 aromatic carbocycles. The van der Waals surface area contributed by atoms with Crippen LogP contribution in [0.1, 0.15) is 112 Å². The fraction of sp³-hybridized carbons (Fsp3) is 1.00. The van der Waals surface area contributed by atoms with Gasteiger partial charge >= 0.3 is 0 Å². The van der Waals surface area contributed by atoms with Crippen molar-refractivity contribution >= 4 is 0 Å². The zero-order valence-electron chi connectivity index (χ0n) is 20.4. The molecule has 4 saturated carbocycles. The SMILES string of the molecule is CC(C)[C@H](C)CC[C@@H](C)[C@H]1CCC2[C@@H]3CC[C@H]4C[C@@H](O)CC[C@]4(C)[C@H]3CC[C@@]21C. The number of aliphatic hydroxyl groups excluding tert-OH is 1. The molecule has 4 rings (SSSR count). The molecular weight excluding hydrogens is 352 g/mol. The smallest absolute Gasteiger partial charge is 0.0543 e. The first-order valence-electron chi connectivity index (χ1n) is 13.3. The summed E-state index contributed by atoms with van der Waals surface area (Å²) in [5.74, 6) is 7.28. The van der Waals surface area contributed by atoms with E-state index < -0.39 is 0 Å². The molecule has 1 N–H and O–H groups in total. The van der Waals surface area contributed by atoms with Crippen LogP contribution >= 0.6 is 0 Å². The minimum absolute atomic E-state index is 0.0107. The van der Waals surface area contributed by atoms with Crippen molar-refractivity contribution in [3.05, 3.63) is 0 Å². The lowest BCUT2D eigenvalue weighted by molar-refractivity contribution is -0.129. The van der Waals surface area contributed by atoms with Gasteiger partial charge in [-0.3, -0.25) is 0 Å². The predicted octanol–water partition coefficient (Wildman–Crippen LogP) is 7.71. The number of rotatable bonds is 5. The van der Waals surface area contributed by atoms with E-state index in [1.54, 1.807) is 0 Å². The third kappa shape index (κ3) is 3.74. The zero-order valence-corrected chi connectivity index (χ0v) is 20.4. The molecule has 1 unspecified atom stereocenters. The molecule has 4 fully saturated rings. The van der Waals surface area contributed by atoms with E-state index in [1.165, 1.54) is 57.8 Å². The second kappa shape index (κ2) is 8.14. The first-order chi connectivity index (χ1) is 13.7. The number of hydrogen-bond donors (Lipinski definition) is 1. The van der Waals surface area contributed by atoms with Crippen LogP contribution in [0, 0.1) is 58.2 Å². The van der Waals surface area contributed by atoms with Gasteiger partial charge in [0, 0.05) is 0 Å². The monoisotopic (exact) mass is 402 g/mol. The molecule has 0 heterocycles. The summed E-state index contributed by atoms with van der Waals surface area (Å²) >= 11 is 0. The van der Waals surface area contributed by atoms with Gasteiger partial charge in [0.15, 0.2) is 0 Å². The van der Waals surface area contributed by atoms with Crippen LogP contribution in [0.25, 0.3) is 0 Å². The van der Waals surface area contributed by atoms with Crippen molar-refractivity contribution in [1.29, 1.82) is 0 Å². The van der Waals surface area contributed by atoms with Crippen molar-refractivity contribution < 1.29 is 5.11 Å². The standard InChI is InChI=1S/C28H50O/c1-18(2)19(3)7-8-20(4)24-11-12-25-23-10-9-21-17-22(29)13-15-27(21,5)26(23)14-16-28(24,25)6/h18-26,29H,7-17H2,1-6H3/t19-,20-,21+,22+,23+,24-,25?,26+,27+,28-/m1/s1. The van der Waals surface area contributed by atoms with Crippen LogP contribution in [0.3, 0.4) is 0 Å². The van der Waals surface area contributed by atoms with Crippen molar-refractivity contribution in [2.45, 2.75) is 118 Å². The highest BCUT2D eigenvalue weighted by atomic mass is 16.3. The molecule has 0 saturated heterocycles. The summed E-state index contributed by atoms with van der Waals surface area (Å²) in [6.07, 6.45) is 15.1. The average molecular weight is 403 g/mol. The number of fused-ring (bicyclic) bond motifs is 5. The van der Waals surface area contributed by atoms with Crippen molar-refractivity contribution in [2.24, 2.45) is 58.2 Å². The molecule has 1 nitrogen and oxygen atoms in total. The summed E-state index contributed by atoms with van der Waals surface area (Å²) in [6, 6.07) is 0. The third-order valence-electron chi connectivity index (χ3n) is 11.6. The average Bonchev–Trinajstić information content (AvgIpc) is 3.03. The lowest BCUT2D eigenvalue weighted by atomic mass is 9.44. The van der Waals surface area contributed by atoms with E-state index in [0.717, 1.165) is 60.2 Å². The maximum absolute atomic E-state index is 10.3. The fourth-order valence-corrected chi connectivity index (χ4v) is 9.27. The molecule has 0 amide bonds. The molecule has 10 atom stereocenters. The summed E-state index contributed by atoms with van der Waals surface area (Å²) in [6.45, 7) is 15.2. The molecule has 0 spiro atoms. The summed E-state index contributed by atoms with van der Waals surface area (Å²) in [5, 5.41) is 10.3. The normalized spacial score (nSPS) is 49.2. The summed E-state index contributed by atoms with van der Waals surface area (Å²) < 4.78 is 0. The van der Waals surface area contributed by atoms with Gasteiger partial charge in [-0.1, -0.05) is 54.4 Å². The topological polar surface area (TPSA) is 20.2 Å². The number of aliphatic hydroxyl groups is 1. The first-order valence-corrected chi connectivity index (χ1v) is 13.3. The van der Waals surface area contributed by atoms with E-state index in [1.807, 2.05) is 0 Å². The van der Waals surface area contributed by atoms with Gasteiger partial charge in [-0.2, -0.15) is 0 Å². The minimum atomic E-state index is -0.0107. The molecule has 0 aromatic rings. The van der Waals surface area contributed by atoms with Crippen LogP contribution < -0.4 is 0 Å². The van der Waals surface area contributed by atoms with Gasteiger partial charge in [-0.15, -0.1) is 0 Å². The van der Waals surface area contributed by atoms with Crippen LogP contribution in [-0.4, -0.2) is 11.2 Å². The van der Waals surface area contributed by atoms with E-state index in [-0.39, 0.29) is 6.10 Å². The molecule has 0 radical (unpaired) electrons. The Labute approximate surface area is 181 Å². The second-order valence-corrected chi connectivity index (χ2v) is 13.1. The molecule has 0 aliphatic heterocycles. The molecule has 1 heteroatoms. The van der Waals surface area contributed by atoms with Gasteiger partial charge in [0.2, 0.25) is 0 Å². The molecule has 168 valence electrons. The van der Waals surface area contributed by atoms with E-state index in [4.69, 9.17) is 0 Å².